The maximum atomic E-state index is 9.10. The summed E-state index contributed by atoms with van der Waals surface area (Å²) in [5, 5.41) is 9.47. The number of ether oxygens (including phenoxy) is 2. The molecule has 0 aliphatic rings. The molecule has 0 atom stereocenters. The Morgan fingerprint density at radius 1 is 1.05 bits per heavy atom. The van der Waals surface area contributed by atoms with Crippen molar-refractivity contribution in [3.05, 3.63) is 53.1 Å². The quantitative estimate of drug-likeness (QED) is 0.829. The fraction of sp³-hybridized carbons (Fsp3) is 0.133. The van der Waals surface area contributed by atoms with Gasteiger partial charge in [0, 0.05) is 0 Å². The molecule has 0 fully saturated rings. The second-order valence-electron chi connectivity index (χ2n) is 3.71. The molecule has 4 heteroatoms. The summed E-state index contributed by atoms with van der Waals surface area (Å²) in [6, 6.07) is 14.4. The molecule has 0 aromatic heterocycles. The molecule has 2 rings (SSSR count). The highest BCUT2D eigenvalue weighted by atomic mass is 35.5. The lowest BCUT2D eigenvalue weighted by atomic mass is 10.2. The Morgan fingerprint density at radius 3 is 2.42 bits per heavy atom. The molecule has 0 spiro atoms. The molecular weight excluding hydrogens is 262 g/mol. The van der Waals surface area contributed by atoms with Crippen LogP contribution < -0.4 is 9.47 Å². The van der Waals surface area contributed by atoms with Gasteiger partial charge in [0.2, 0.25) is 0 Å². The molecule has 0 amide bonds. The van der Waals surface area contributed by atoms with Crippen molar-refractivity contribution < 1.29 is 9.47 Å². The van der Waals surface area contributed by atoms with Gasteiger partial charge in [0.15, 0.2) is 11.5 Å². The summed E-state index contributed by atoms with van der Waals surface area (Å²) in [4.78, 5) is 0. The van der Waals surface area contributed by atoms with Crippen molar-refractivity contribution in [3.8, 4) is 23.3 Å². The van der Waals surface area contributed by atoms with Crippen molar-refractivity contribution >= 4 is 11.6 Å². The van der Waals surface area contributed by atoms with E-state index in [9.17, 15) is 0 Å². The molecule has 0 aliphatic carbocycles. The van der Waals surface area contributed by atoms with Crippen LogP contribution in [0.5, 0.6) is 17.2 Å². The van der Waals surface area contributed by atoms with Crippen LogP contribution in [0.1, 0.15) is 12.5 Å². The van der Waals surface area contributed by atoms with Crippen molar-refractivity contribution in [2.75, 3.05) is 6.61 Å². The third-order valence-corrected chi connectivity index (χ3v) is 2.77. The van der Waals surface area contributed by atoms with E-state index in [0.717, 1.165) is 0 Å². The predicted molar refractivity (Wildman–Crippen MR) is 73.9 cm³/mol. The number of hydrogen-bond donors (Lipinski definition) is 0. The molecular formula is C15H12ClNO2. The maximum Gasteiger partial charge on any atom is 0.169 e. The van der Waals surface area contributed by atoms with Gasteiger partial charge in [-0.25, -0.2) is 0 Å². The standard InChI is InChI=1S/C15H12ClNO2/c1-2-18-14-7-3-4-8-15(14)19-13-9-5-6-12(16)11(13)10-17/h3-9H,2H2,1H3. The largest absolute Gasteiger partial charge is 0.490 e. The van der Waals surface area contributed by atoms with E-state index in [0.29, 0.717) is 34.4 Å². The first-order valence-corrected chi connectivity index (χ1v) is 6.22. The minimum atomic E-state index is 0.315. The van der Waals surface area contributed by atoms with E-state index >= 15 is 0 Å². The van der Waals surface area contributed by atoms with E-state index < -0.39 is 0 Å². The Kier molecular flexibility index (Phi) is 4.27. The van der Waals surface area contributed by atoms with Gasteiger partial charge in [-0.05, 0) is 31.2 Å². The van der Waals surface area contributed by atoms with Gasteiger partial charge in [-0.1, -0.05) is 29.8 Å². The van der Waals surface area contributed by atoms with Crippen LogP contribution in [0.25, 0.3) is 0 Å². The van der Waals surface area contributed by atoms with Crippen molar-refractivity contribution in [1.82, 2.24) is 0 Å². The van der Waals surface area contributed by atoms with Crippen LogP contribution in [0, 0.1) is 11.3 Å². The molecule has 0 saturated heterocycles. The summed E-state index contributed by atoms with van der Waals surface area (Å²) in [5.74, 6) is 1.61. The van der Waals surface area contributed by atoms with Crippen LogP contribution in [0.4, 0.5) is 0 Å². The van der Waals surface area contributed by atoms with E-state index in [1.165, 1.54) is 0 Å². The van der Waals surface area contributed by atoms with Crippen molar-refractivity contribution in [1.29, 1.82) is 5.26 Å². The summed E-state index contributed by atoms with van der Waals surface area (Å²) in [6.07, 6.45) is 0. The van der Waals surface area contributed by atoms with Gasteiger partial charge in [-0.3, -0.25) is 0 Å². The number of para-hydroxylation sites is 2. The van der Waals surface area contributed by atoms with Crippen molar-refractivity contribution in [2.45, 2.75) is 6.92 Å². The van der Waals surface area contributed by atoms with Gasteiger partial charge in [-0.2, -0.15) is 5.26 Å². The van der Waals surface area contributed by atoms with Crippen molar-refractivity contribution in [2.24, 2.45) is 0 Å². The number of nitriles is 1. The predicted octanol–water partition coefficient (Wildman–Crippen LogP) is 4.40. The molecule has 0 heterocycles. The minimum absolute atomic E-state index is 0.315. The molecule has 0 aliphatic heterocycles. The van der Waals surface area contributed by atoms with E-state index in [-0.39, 0.29) is 0 Å². The molecule has 0 N–H and O–H groups in total. The van der Waals surface area contributed by atoms with Gasteiger partial charge in [-0.15, -0.1) is 0 Å². The van der Waals surface area contributed by atoms with E-state index in [1.807, 2.05) is 31.2 Å². The van der Waals surface area contributed by atoms with E-state index in [2.05, 4.69) is 0 Å². The number of nitrogens with zero attached hydrogens (tertiary/aromatic N) is 1. The zero-order valence-electron chi connectivity index (χ0n) is 10.4. The lowest BCUT2D eigenvalue weighted by molar-refractivity contribution is 0.321. The Bertz CT molecular complexity index is 620. The van der Waals surface area contributed by atoms with Gasteiger partial charge < -0.3 is 9.47 Å². The van der Waals surface area contributed by atoms with Gasteiger partial charge in [0.25, 0.3) is 0 Å². The van der Waals surface area contributed by atoms with Crippen LogP contribution >= 0.6 is 11.6 Å². The molecule has 0 radical (unpaired) electrons. The lowest BCUT2D eigenvalue weighted by Crippen LogP contribution is -1.95. The molecule has 0 bridgehead atoms. The van der Waals surface area contributed by atoms with Crippen LogP contribution in [-0.4, -0.2) is 6.61 Å². The first-order valence-electron chi connectivity index (χ1n) is 5.84. The fourth-order valence-corrected chi connectivity index (χ4v) is 1.83. The first-order chi connectivity index (χ1) is 9.26. The monoisotopic (exact) mass is 273 g/mol. The van der Waals surface area contributed by atoms with Gasteiger partial charge >= 0.3 is 0 Å². The highest BCUT2D eigenvalue weighted by Gasteiger charge is 2.11. The van der Waals surface area contributed by atoms with Crippen LogP contribution in [0.15, 0.2) is 42.5 Å². The summed E-state index contributed by atoms with van der Waals surface area (Å²) in [6.45, 7) is 2.44. The summed E-state index contributed by atoms with van der Waals surface area (Å²) in [5.41, 5.74) is 0.315. The molecule has 19 heavy (non-hydrogen) atoms. The Balaban J connectivity index is 2.37. The number of rotatable bonds is 4. The number of hydrogen-bond acceptors (Lipinski definition) is 3. The number of halogens is 1. The molecule has 96 valence electrons. The second-order valence-corrected chi connectivity index (χ2v) is 4.11. The van der Waals surface area contributed by atoms with Crippen LogP contribution in [-0.2, 0) is 0 Å². The first kappa shape index (κ1) is 13.3. The average molecular weight is 274 g/mol. The number of benzene rings is 2. The third kappa shape index (κ3) is 2.98. The summed E-state index contributed by atoms with van der Waals surface area (Å²) >= 11 is 5.96. The highest BCUT2D eigenvalue weighted by Crippen LogP contribution is 2.34. The Labute approximate surface area is 117 Å². The van der Waals surface area contributed by atoms with Gasteiger partial charge in [0.05, 0.1) is 11.6 Å². The maximum absolute atomic E-state index is 9.10. The zero-order chi connectivity index (χ0) is 13.7. The highest BCUT2D eigenvalue weighted by molar-refractivity contribution is 6.31. The Morgan fingerprint density at radius 2 is 1.74 bits per heavy atom. The zero-order valence-corrected chi connectivity index (χ0v) is 11.1. The fourth-order valence-electron chi connectivity index (χ4n) is 1.63. The normalized spacial score (nSPS) is 9.74. The van der Waals surface area contributed by atoms with Crippen LogP contribution in [0.2, 0.25) is 5.02 Å². The Hall–Kier alpha value is -2.18. The molecule has 2 aromatic carbocycles. The molecule has 2 aromatic rings. The van der Waals surface area contributed by atoms with Crippen LogP contribution in [0.3, 0.4) is 0 Å². The minimum Gasteiger partial charge on any atom is -0.490 e. The smallest absolute Gasteiger partial charge is 0.169 e. The topological polar surface area (TPSA) is 42.2 Å². The van der Waals surface area contributed by atoms with Crippen molar-refractivity contribution in [3.63, 3.8) is 0 Å². The van der Waals surface area contributed by atoms with Gasteiger partial charge in [0.1, 0.15) is 17.4 Å². The SMILES string of the molecule is CCOc1ccccc1Oc1cccc(Cl)c1C#N. The summed E-state index contributed by atoms with van der Waals surface area (Å²) in [7, 11) is 0. The average Bonchev–Trinajstić information content (AvgIpc) is 2.41. The molecule has 3 nitrogen and oxygen atoms in total. The molecule has 0 unspecified atom stereocenters. The summed E-state index contributed by atoms with van der Waals surface area (Å²) < 4.78 is 11.2. The van der Waals surface area contributed by atoms with E-state index in [4.69, 9.17) is 26.3 Å². The molecule has 0 saturated carbocycles. The second kappa shape index (κ2) is 6.12. The third-order valence-electron chi connectivity index (χ3n) is 2.46. The lowest BCUT2D eigenvalue weighted by Gasteiger charge is -2.12. The van der Waals surface area contributed by atoms with E-state index in [1.54, 1.807) is 24.3 Å².